The largest absolute Gasteiger partial charge is 0.381 e. The SMILES string of the molecule is Cc1noc(C)c1-c1ccc2c(c1)nc(CCc1ccc(Cl)cc1)n2CCC1CCOCC1. The maximum Gasteiger partial charge on any atom is 0.141 e. The summed E-state index contributed by atoms with van der Waals surface area (Å²) in [4.78, 5) is 5.10. The van der Waals surface area contributed by atoms with Gasteiger partial charge in [0.1, 0.15) is 11.6 Å². The third-order valence-corrected chi connectivity index (χ3v) is 7.05. The summed E-state index contributed by atoms with van der Waals surface area (Å²) in [6, 6.07) is 14.7. The Hall–Kier alpha value is -2.63. The monoisotopic (exact) mass is 463 g/mol. The van der Waals surface area contributed by atoms with Crippen LogP contribution in [0.2, 0.25) is 5.02 Å². The van der Waals surface area contributed by atoms with Crippen molar-refractivity contribution in [2.45, 2.75) is 52.5 Å². The van der Waals surface area contributed by atoms with Gasteiger partial charge in [0.25, 0.3) is 0 Å². The fourth-order valence-corrected chi connectivity index (χ4v) is 5.05. The summed E-state index contributed by atoms with van der Waals surface area (Å²) in [6.07, 6.45) is 5.31. The van der Waals surface area contributed by atoms with Crippen molar-refractivity contribution >= 4 is 22.6 Å². The number of rotatable bonds is 7. The normalized spacial score (nSPS) is 14.9. The van der Waals surface area contributed by atoms with Crippen molar-refractivity contribution in [3.63, 3.8) is 0 Å². The van der Waals surface area contributed by atoms with Crippen molar-refractivity contribution in [3.05, 3.63) is 70.3 Å². The van der Waals surface area contributed by atoms with E-state index in [0.717, 1.165) is 96.7 Å². The molecule has 0 spiro atoms. The molecule has 5 rings (SSSR count). The number of halogens is 1. The Morgan fingerprint density at radius 1 is 1.03 bits per heavy atom. The van der Waals surface area contributed by atoms with Gasteiger partial charge in [0.2, 0.25) is 0 Å². The fraction of sp³-hybridized carbons (Fsp3) is 0.407. The molecule has 2 aromatic carbocycles. The van der Waals surface area contributed by atoms with Gasteiger partial charge in [0.15, 0.2) is 0 Å². The van der Waals surface area contributed by atoms with Gasteiger partial charge in [-0.15, -0.1) is 0 Å². The second-order valence-electron chi connectivity index (χ2n) is 9.05. The quantitative estimate of drug-likeness (QED) is 0.311. The van der Waals surface area contributed by atoms with Gasteiger partial charge >= 0.3 is 0 Å². The molecule has 0 saturated carbocycles. The topological polar surface area (TPSA) is 53.1 Å². The van der Waals surface area contributed by atoms with Crippen LogP contribution in [0.15, 0.2) is 47.0 Å². The third kappa shape index (κ3) is 4.85. The van der Waals surface area contributed by atoms with Crippen molar-refractivity contribution in [2.24, 2.45) is 5.92 Å². The maximum atomic E-state index is 6.07. The molecule has 172 valence electrons. The van der Waals surface area contributed by atoms with E-state index in [1.165, 1.54) is 11.1 Å². The highest BCUT2D eigenvalue weighted by Gasteiger charge is 2.18. The van der Waals surface area contributed by atoms with Gasteiger partial charge in [0.05, 0.1) is 16.7 Å². The number of ether oxygens (including phenoxy) is 1. The van der Waals surface area contributed by atoms with Gasteiger partial charge in [-0.25, -0.2) is 4.98 Å². The van der Waals surface area contributed by atoms with Crippen LogP contribution < -0.4 is 0 Å². The van der Waals surface area contributed by atoms with Crippen LogP contribution >= 0.6 is 11.6 Å². The highest BCUT2D eigenvalue weighted by molar-refractivity contribution is 6.30. The molecular formula is C27H30ClN3O2. The first kappa shape index (κ1) is 22.2. The van der Waals surface area contributed by atoms with E-state index in [0.29, 0.717) is 0 Å². The van der Waals surface area contributed by atoms with Crippen molar-refractivity contribution in [2.75, 3.05) is 13.2 Å². The predicted molar refractivity (Wildman–Crippen MR) is 132 cm³/mol. The number of nitrogens with zero attached hydrogens (tertiary/aromatic N) is 3. The van der Waals surface area contributed by atoms with Crippen LogP contribution in [-0.4, -0.2) is 27.9 Å². The molecule has 0 aliphatic carbocycles. The van der Waals surface area contributed by atoms with Crippen LogP contribution in [-0.2, 0) is 24.1 Å². The summed E-state index contributed by atoms with van der Waals surface area (Å²) in [5, 5.41) is 4.90. The van der Waals surface area contributed by atoms with E-state index in [2.05, 4.69) is 40.1 Å². The minimum absolute atomic E-state index is 0.724. The van der Waals surface area contributed by atoms with Gasteiger partial charge in [0, 0.05) is 36.8 Å². The molecule has 0 unspecified atom stereocenters. The zero-order valence-corrected chi connectivity index (χ0v) is 20.1. The van der Waals surface area contributed by atoms with E-state index in [1.807, 2.05) is 26.0 Å². The Kier molecular flexibility index (Phi) is 6.52. The van der Waals surface area contributed by atoms with E-state index in [1.54, 1.807) is 0 Å². The number of aryl methyl sites for hydroxylation is 5. The summed E-state index contributed by atoms with van der Waals surface area (Å²) in [5.74, 6) is 2.71. The van der Waals surface area contributed by atoms with Crippen molar-refractivity contribution in [1.82, 2.24) is 14.7 Å². The number of aromatic nitrogens is 3. The first-order valence-electron chi connectivity index (χ1n) is 11.8. The smallest absolute Gasteiger partial charge is 0.141 e. The molecule has 2 aromatic heterocycles. The average molecular weight is 464 g/mol. The zero-order chi connectivity index (χ0) is 22.8. The van der Waals surface area contributed by atoms with Crippen molar-refractivity contribution in [1.29, 1.82) is 0 Å². The van der Waals surface area contributed by atoms with Crippen LogP contribution in [0.5, 0.6) is 0 Å². The molecule has 6 heteroatoms. The maximum absolute atomic E-state index is 6.07. The predicted octanol–water partition coefficient (Wildman–Crippen LogP) is 6.56. The molecule has 0 atom stereocenters. The second-order valence-corrected chi connectivity index (χ2v) is 9.49. The van der Waals surface area contributed by atoms with Crippen LogP contribution in [0.1, 0.15) is 42.1 Å². The third-order valence-electron chi connectivity index (χ3n) is 6.80. The van der Waals surface area contributed by atoms with Crippen LogP contribution in [0.25, 0.3) is 22.2 Å². The molecule has 1 aliphatic heterocycles. The standard InChI is InChI=1S/C27H30ClN3O2/c1-18-27(19(2)33-30-18)22-6-9-25-24(17-22)29-26(10-5-20-3-7-23(28)8-4-20)31(25)14-11-21-12-15-32-16-13-21/h3-4,6-9,17,21H,5,10-16H2,1-2H3. The average Bonchev–Trinajstić information content (AvgIpc) is 3.36. The molecular weight excluding hydrogens is 434 g/mol. The molecule has 0 N–H and O–H groups in total. The van der Waals surface area contributed by atoms with E-state index < -0.39 is 0 Å². The van der Waals surface area contributed by atoms with Crippen LogP contribution in [0.3, 0.4) is 0 Å². The molecule has 1 saturated heterocycles. The van der Waals surface area contributed by atoms with Crippen LogP contribution in [0, 0.1) is 19.8 Å². The van der Waals surface area contributed by atoms with Gasteiger partial charge in [-0.3, -0.25) is 0 Å². The second kappa shape index (κ2) is 9.70. The zero-order valence-electron chi connectivity index (χ0n) is 19.3. The lowest BCUT2D eigenvalue weighted by atomic mass is 9.96. The molecule has 1 aliphatic rings. The minimum Gasteiger partial charge on any atom is -0.381 e. The first-order valence-corrected chi connectivity index (χ1v) is 12.2. The summed E-state index contributed by atoms with van der Waals surface area (Å²) in [6.45, 7) is 6.71. The van der Waals surface area contributed by atoms with Gasteiger partial charge in [-0.05, 0) is 80.8 Å². The first-order chi connectivity index (χ1) is 16.1. The van der Waals surface area contributed by atoms with Gasteiger partial charge in [-0.2, -0.15) is 0 Å². The Morgan fingerprint density at radius 2 is 1.82 bits per heavy atom. The molecule has 3 heterocycles. The Labute approximate surface area is 199 Å². The highest BCUT2D eigenvalue weighted by Crippen LogP contribution is 2.31. The van der Waals surface area contributed by atoms with Crippen molar-refractivity contribution < 1.29 is 9.26 Å². The van der Waals surface area contributed by atoms with Gasteiger partial charge in [-0.1, -0.05) is 35.0 Å². The minimum atomic E-state index is 0.724. The Balaban J connectivity index is 1.45. The number of imidazole rings is 1. The molecule has 0 radical (unpaired) electrons. The highest BCUT2D eigenvalue weighted by atomic mass is 35.5. The lowest BCUT2D eigenvalue weighted by molar-refractivity contribution is 0.0626. The Morgan fingerprint density at radius 3 is 2.55 bits per heavy atom. The summed E-state index contributed by atoms with van der Waals surface area (Å²) < 4.78 is 13.4. The lowest BCUT2D eigenvalue weighted by Crippen LogP contribution is -2.18. The van der Waals surface area contributed by atoms with E-state index in [4.69, 9.17) is 25.8 Å². The number of fused-ring (bicyclic) bond motifs is 1. The summed E-state index contributed by atoms with van der Waals surface area (Å²) in [5.41, 5.74) is 6.59. The summed E-state index contributed by atoms with van der Waals surface area (Å²) in [7, 11) is 0. The number of benzene rings is 2. The number of hydrogen-bond donors (Lipinski definition) is 0. The van der Waals surface area contributed by atoms with E-state index in [9.17, 15) is 0 Å². The molecule has 0 amide bonds. The molecule has 4 aromatic rings. The van der Waals surface area contributed by atoms with E-state index >= 15 is 0 Å². The van der Waals surface area contributed by atoms with E-state index in [-0.39, 0.29) is 0 Å². The fourth-order valence-electron chi connectivity index (χ4n) is 4.92. The van der Waals surface area contributed by atoms with Crippen LogP contribution in [0.4, 0.5) is 0 Å². The molecule has 0 bridgehead atoms. The molecule has 5 nitrogen and oxygen atoms in total. The Bertz CT molecular complexity index is 1220. The summed E-state index contributed by atoms with van der Waals surface area (Å²) >= 11 is 6.07. The lowest BCUT2D eigenvalue weighted by Gasteiger charge is -2.22. The van der Waals surface area contributed by atoms with Crippen molar-refractivity contribution in [3.8, 4) is 11.1 Å². The molecule has 1 fully saturated rings. The number of hydrogen-bond acceptors (Lipinski definition) is 4. The van der Waals surface area contributed by atoms with Gasteiger partial charge < -0.3 is 13.8 Å². The molecule has 33 heavy (non-hydrogen) atoms.